The summed E-state index contributed by atoms with van der Waals surface area (Å²) in [5.41, 5.74) is 0. The summed E-state index contributed by atoms with van der Waals surface area (Å²) in [5, 5.41) is 8.67. The molecule has 82 valence electrons. The molecule has 9 heteroatoms. The number of nitriles is 1. The van der Waals surface area contributed by atoms with Crippen LogP contribution >= 0.6 is 0 Å². The molecule has 0 aromatic rings. The molecule has 0 atom stereocenters. The van der Waals surface area contributed by atoms with Gasteiger partial charge in [0.05, 0.1) is 0 Å². The first-order valence-electron chi connectivity index (χ1n) is 3.94. The van der Waals surface area contributed by atoms with Crippen LogP contribution in [0.1, 0.15) is 20.8 Å². The van der Waals surface area contributed by atoms with Gasteiger partial charge in [0.1, 0.15) is 0 Å². The van der Waals surface area contributed by atoms with Crippen LogP contribution in [0.4, 0.5) is 0 Å². The van der Waals surface area contributed by atoms with E-state index in [-0.39, 0.29) is 29.6 Å². The fourth-order valence-corrected chi connectivity index (χ4v) is 0.807. The summed E-state index contributed by atoms with van der Waals surface area (Å²) in [6.07, 6.45) is 0. The van der Waals surface area contributed by atoms with Gasteiger partial charge in [-0.1, -0.05) is 0 Å². The number of carbonyl (C=O) groups is 3. The summed E-state index contributed by atoms with van der Waals surface area (Å²) >= 11 is 0. The number of nitrogens with zero attached hydrogens (tertiary/aromatic N) is 1. The van der Waals surface area contributed by atoms with Crippen molar-refractivity contribution in [1.82, 2.24) is 0 Å². The summed E-state index contributed by atoms with van der Waals surface area (Å²) in [4.78, 5) is 31.9. The van der Waals surface area contributed by atoms with E-state index in [1.807, 2.05) is 0 Å². The van der Waals surface area contributed by atoms with Crippen molar-refractivity contribution < 1.29 is 57.9 Å². The Morgan fingerprint density at radius 3 is 1.31 bits per heavy atom. The minimum absolute atomic E-state index is 0. The molecule has 7 nitrogen and oxygen atoms in total. The van der Waals surface area contributed by atoms with Gasteiger partial charge < -0.3 is 14.0 Å². The molecule has 0 unspecified atom stereocenters. The number of hydrogen-bond donors (Lipinski definition) is 0. The maximum absolute atomic E-state index is 10.6. The molecule has 0 heterocycles. The first-order valence-corrected chi connectivity index (χ1v) is 3.94. The van der Waals surface area contributed by atoms with Crippen molar-refractivity contribution in [3.05, 3.63) is 0 Å². The first-order chi connectivity index (χ1) is 6.81. The van der Waals surface area contributed by atoms with Crippen LogP contribution in [-0.2, 0) is 28.3 Å². The second kappa shape index (κ2) is 7.27. The SMILES string of the molecule is CC(=O)O[B-](C#N)(OC(C)=O)OC(C)=O.[Na+]. The molecule has 0 aliphatic rings. The van der Waals surface area contributed by atoms with Crippen LogP contribution in [0.2, 0.25) is 0 Å². The van der Waals surface area contributed by atoms with Gasteiger partial charge in [-0.05, 0) is 5.97 Å². The Morgan fingerprint density at radius 1 is 0.938 bits per heavy atom. The van der Waals surface area contributed by atoms with Crippen molar-refractivity contribution in [1.29, 1.82) is 5.26 Å². The third-order valence-electron chi connectivity index (χ3n) is 1.12. The number of hydrogen-bond acceptors (Lipinski definition) is 7. The molecule has 0 amide bonds. The Balaban J connectivity index is 0. The van der Waals surface area contributed by atoms with Crippen LogP contribution in [0, 0.1) is 11.2 Å². The van der Waals surface area contributed by atoms with E-state index < -0.39 is 24.7 Å². The summed E-state index contributed by atoms with van der Waals surface area (Å²) in [5.74, 6) is -1.37. The maximum Gasteiger partial charge on any atom is 1.00 e. The van der Waals surface area contributed by atoms with E-state index in [0.717, 1.165) is 20.8 Å². The van der Waals surface area contributed by atoms with E-state index in [9.17, 15) is 14.4 Å². The van der Waals surface area contributed by atoms with Crippen molar-refractivity contribution >= 4 is 24.7 Å². The van der Waals surface area contributed by atoms with E-state index in [1.165, 1.54) is 5.97 Å². The Labute approximate surface area is 114 Å². The topological polar surface area (TPSA) is 103 Å². The van der Waals surface area contributed by atoms with Crippen LogP contribution in [0.5, 0.6) is 0 Å². The average Bonchev–Trinajstić information content (AvgIpc) is 1.99. The molecule has 0 radical (unpaired) electrons. The van der Waals surface area contributed by atoms with Gasteiger partial charge in [0.25, 0.3) is 17.9 Å². The zero-order valence-electron chi connectivity index (χ0n) is 9.47. The van der Waals surface area contributed by atoms with Gasteiger partial charge in [0.15, 0.2) is 0 Å². The van der Waals surface area contributed by atoms with Crippen LogP contribution in [-0.4, -0.2) is 24.7 Å². The molecular formula is C7H9BNNaO6. The molecule has 0 fully saturated rings. The van der Waals surface area contributed by atoms with Gasteiger partial charge in [0, 0.05) is 20.8 Å². The predicted molar refractivity (Wildman–Crippen MR) is 46.7 cm³/mol. The number of carbonyl (C=O) groups excluding carboxylic acids is 3. The molecule has 0 rings (SSSR count). The molecule has 0 spiro atoms. The largest absolute Gasteiger partial charge is 1.00 e. The first kappa shape index (κ1) is 17.4. The second-order valence-electron chi connectivity index (χ2n) is 2.60. The van der Waals surface area contributed by atoms with Crippen LogP contribution in [0.3, 0.4) is 0 Å². The standard InChI is InChI=1S/C7H9BNO6.Na/c1-5(10)13-8(4-9,14-6(2)11)15-7(3)12;/h1-3H3;/q-1;+1. The molecular weight excluding hydrogens is 228 g/mol. The summed E-state index contributed by atoms with van der Waals surface area (Å²) in [6.45, 7) is -0.379. The summed E-state index contributed by atoms with van der Waals surface area (Å²) in [7, 11) is 0. The van der Waals surface area contributed by atoms with E-state index in [0.29, 0.717) is 0 Å². The summed E-state index contributed by atoms with van der Waals surface area (Å²) < 4.78 is 13.2. The van der Waals surface area contributed by atoms with Crippen molar-refractivity contribution in [2.45, 2.75) is 20.8 Å². The second-order valence-corrected chi connectivity index (χ2v) is 2.60. The van der Waals surface area contributed by atoms with Crippen molar-refractivity contribution in [2.75, 3.05) is 0 Å². The van der Waals surface area contributed by atoms with Crippen LogP contribution in [0.15, 0.2) is 0 Å². The Morgan fingerprint density at radius 2 is 1.19 bits per heavy atom. The molecule has 0 N–H and O–H groups in total. The van der Waals surface area contributed by atoms with Crippen molar-refractivity contribution in [3.8, 4) is 5.97 Å². The zero-order valence-corrected chi connectivity index (χ0v) is 11.5. The molecule has 0 aromatic carbocycles. The van der Waals surface area contributed by atoms with E-state index in [4.69, 9.17) is 5.26 Å². The quantitative estimate of drug-likeness (QED) is 0.473. The van der Waals surface area contributed by atoms with E-state index in [2.05, 4.69) is 14.0 Å². The van der Waals surface area contributed by atoms with Gasteiger partial charge in [-0.15, -0.1) is 0 Å². The fourth-order valence-electron chi connectivity index (χ4n) is 0.807. The third-order valence-corrected chi connectivity index (χ3v) is 1.12. The summed E-state index contributed by atoms with van der Waals surface area (Å²) in [6, 6.07) is 0. The zero-order chi connectivity index (χ0) is 12.1. The molecule has 0 saturated carbocycles. The van der Waals surface area contributed by atoms with Crippen LogP contribution in [0.25, 0.3) is 0 Å². The monoisotopic (exact) mass is 237 g/mol. The Bertz CT molecular complexity index is 297. The van der Waals surface area contributed by atoms with Gasteiger partial charge in [-0.2, -0.15) is 0 Å². The Kier molecular flexibility index (Phi) is 7.89. The molecule has 0 aliphatic carbocycles. The molecule has 0 aliphatic heterocycles. The predicted octanol–water partition coefficient (Wildman–Crippen LogP) is -3.32. The minimum atomic E-state index is -3.34. The smallest absolute Gasteiger partial charge is 0.611 e. The maximum atomic E-state index is 10.6. The van der Waals surface area contributed by atoms with E-state index >= 15 is 0 Å². The number of rotatable bonds is 3. The third kappa shape index (κ3) is 6.45. The van der Waals surface area contributed by atoms with Gasteiger partial charge in [0.2, 0.25) is 0 Å². The molecule has 0 bridgehead atoms. The minimum Gasteiger partial charge on any atom is -0.611 e. The van der Waals surface area contributed by atoms with Crippen LogP contribution < -0.4 is 29.6 Å². The molecule has 16 heavy (non-hydrogen) atoms. The van der Waals surface area contributed by atoms with Gasteiger partial charge >= 0.3 is 36.3 Å². The van der Waals surface area contributed by atoms with Crippen molar-refractivity contribution in [3.63, 3.8) is 0 Å². The fraction of sp³-hybridized carbons (Fsp3) is 0.429. The Hall–Kier alpha value is -1.04. The molecule has 0 aromatic heterocycles. The van der Waals surface area contributed by atoms with E-state index in [1.54, 1.807) is 0 Å². The van der Waals surface area contributed by atoms with Gasteiger partial charge in [-0.3, -0.25) is 14.4 Å². The van der Waals surface area contributed by atoms with Crippen molar-refractivity contribution in [2.24, 2.45) is 0 Å². The van der Waals surface area contributed by atoms with Gasteiger partial charge in [-0.25, -0.2) is 5.26 Å². The molecule has 0 saturated heterocycles. The normalized spacial score (nSPS) is 9.12. The average molecular weight is 237 g/mol.